The zero-order valence-electron chi connectivity index (χ0n) is 21.6. The van der Waals surface area contributed by atoms with Gasteiger partial charge in [-0.05, 0) is 41.6 Å². The fourth-order valence-electron chi connectivity index (χ4n) is 5.46. The molecular formula is C26H26FN9O3. The van der Waals surface area contributed by atoms with Crippen molar-refractivity contribution in [3.8, 4) is 16.9 Å². The van der Waals surface area contributed by atoms with Crippen LogP contribution >= 0.6 is 0 Å². The molecule has 2 aliphatic rings. The summed E-state index contributed by atoms with van der Waals surface area (Å²) >= 11 is 0. The number of rotatable bonds is 7. The molecule has 1 saturated heterocycles. The van der Waals surface area contributed by atoms with Crippen LogP contribution in [0.25, 0.3) is 16.9 Å². The van der Waals surface area contributed by atoms with Gasteiger partial charge in [-0.3, -0.25) is 14.3 Å². The fourth-order valence-corrected chi connectivity index (χ4v) is 5.46. The van der Waals surface area contributed by atoms with E-state index in [9.17, 15) is 14.0 Å². The number of hydrogen-bond acceptors (Lipinski definition) is 10. The van der Waals surface area contributed by atoms with Gasteiger partial charge in [-0.25, -0.2) is 14.2 Å². The number of halogens is 1. The monoisotopic (exact) mass is 531 g/mol. The summed E-state index contributed by atoms with van der Waals surface area (Å²) in [4.78, 5) is 37.5. The molecule has 200 valence electrons. The number of esters is 1. The molecule has 0 amide bonds. The van der Waals surface area contributed by atoms with E-state index in [0.717, 1.165) is 6.20 Å². The van der Waals surface area contributed by atoms with Crippen molar-refractivity contribution in [2.45, 2.75) is 13.0 Å². The lowest BCUT2D eigenvalue weighted by atomic mass is 10.2. The average molecular weight is 532 g/mol. The van der Waals surface area contributed by atoms with Gasteiger partial charge in [0.25, 0.3) is 5.56 Å². The fraction of sp³-hybridized carbons (Fsp3) is 0.346. The smallest absolute Gasteiger partial charge is 0.338 e. The lowest BCUT2D eigenvalue weighted by Crippen LogP contribution is -2.37. The highest BCUT2D eigenvalue weighted by atomic mass is 19.1. The van der Waals surface area contributed by atoms with Gasteiger partial charge in [-0.15, -0.1) is 0 Å². The molecular weight excluding hydrogens is 505 g/mol. The van der Waals surface area contributed by atoms with Crippen molar-refractivity contribution in [1.82, 2.24) is 34.7 Å². The maximum atomic E-state index is 14.4. The predicted molar refractivity (Wildman–Crippen MR) is 139 cm³/mol. The second-order valence-corrected chi connectivity index (χ2v) is 9.69. The average Bonchev–Trinajstić information content (AvgIpc) is 3.25. The van der Waals surface area contributed by atoms with E-state index < -0.39 is 11.8 Å². The molecule has 4 heterocycles. The summed E-state index contributed by atoms with van der Waals surface area (Å²) in [5.41, 5.74) is 1.33. The molecule has 4 aromatic rings. The summed E-state index contributed by atoms with van der Waals surface area (Å²) in [7, 11) is 3.57. The predicted octanol–water partition coefficient (Wildman–Crippen LogP) is 1.70. The maximum absolute atomic E-state index is 14.4. The van der Waals surface area contributed by atoms with Crippen LogP contribution in [0.2, 0.25) is 0 Å². The molecule has 0 N–H and O–H groups in total. The summed E-state index contributed by atoms with van der Waals surface area (Å²) in [5.74, 6) is 0.747. The van der Waals surface area contributed by atoms with Crippen LogP contribution < -0.4 is 15.4 Å². The molecule has 0 radical (unpaired) electrons. The van der Waals surface area contributed by atoms with E-state index in [1.807, 2.05) is 18.0 Å². The quantitative estimate of drug-likeness (QED) is 0.326. The van der Waals surface area contributed by atoms with Crippen molar-refractivity contribution in [1.29, 1.82) is 0 Å². The molecule has 2 fully saturated rings. The van der Waals surface area contributed by atoms with Crippen LogP contribution in [-0.4, -0.2) is 73.5 Å². The van der Waals surface area contributed by atoms with Crippen LogP contribution in [-0.2, 0) is 11.8 Å². The first-order chi connectivity index (χ1) is 18.9. The van der Waals surface area contributed by atoms with Gasteiger partial charge in [0, 0.05) is 62.9 Å². The summed E-state index contributed by atoms with van der Waals surface area (Å²) in [6.07, 6.45) is 2.58. The Morgan fingerprint density at radius 3 is 2.74 bits per heavy atom. The van der Waals surface area contributed by atoms with Crippen LogP contribution in [0.15, 0.2) is 53.6 Å². The van der Waals surface area contributed by atoms with E-state index >= 15 is 0 Å². The number of carbonyl (C=O) groups excluding carboxylic acids is 1. The topological polar surface area (TPSA) is 124 Å². The highest BCUT2D eigenvalue weighted by Crippen LogP contribution is 2.50. The van der Waals surface area contributed by atoms with E-state index in [0.29, 0.717) is 54.7 Å². The number of aromatic nitrogens is 7. The normalized spacial score (nSPS) is 19.6. The van der Waals surface area contributed by atoms with Crippen LogP contribution in [0.5, 0.6) is 0 Å². The molecule has 1 aliphatic carbocycles. The number of carbonyl (C=O) groups is 1. The van der Waals surface area contributed by atoms with Crippen molar-refractivity contribution in [3.05, 3.63) is 70.5 Å². The number of hydrogen-bond donors (Lipinski definition) is 0. The maximum Gasteiger partial charge on any atom is 0.338 e. The second-order valence-electron chi connectivity index (χ2n) is 9.69. The number of piperidine rings is 1. The molecule has 6 rings (SSSR count). The number of benzene rings is 1. The van der Waals surface area contributed by atoms with Crippen molar-refractivity contribution in [2.75, 3.05) is 36.5 Å². The van der Waals surface area contributed by atoms with E-state index in [1.54, 1.807) is 36.9 Å². The molecule has 0 unspecified atom stereocenters. The van der Waals surface area contributed by atoms with Gasteiger partial charge in [0.05, 0.1) is 29.7 Å². The largest absolute Gasteiger partial charge is 0.462 e. The van der Waals surface area contributed by atoms with E-state index in [-0.39, 0.29) is 22.9 Å². The standard InChI is InChI=1S/C26H26FN9O3/c1-4-39-24(38)15-6-5-7-16(10-15)36-26(30-31-32-36)35-13-18-19(14-35)23(18)34(3)25-29-21(11-22(37)33(25)2)17-8-9-28-12-20(17)27/h5-12,18-19,23H,4,13-14H2,1-3H3/t18-,19+,23+. The number of tetrazole rings is 1. The second kappa shape index (κ2) is 9.57. The van der Waals surface area contributed by atoms with Crippen LogP contribution in [0.4, 0.5) is 16.3 Å². The molecule has 12 nitrogen and oxygen atoms in total. The highest BCUT2D eigenvalue weighted by molar-refractivity contribution is 5.90. The Bertz CT molecular complexity index is 1610. The van der Waals surface area contributed by atoms with Crippen molar-refractivity contribution >= 4 is 17.9 Å². The Labute approximate surface area is 222 Å². The summed E-state index contributed by atoms with van der Waals surface area (Å²) in [6, 6.07) is 10.0. The first-order valence-corrected chi connectivity index (χ1v) is 12.6. The third-order valence-corrected chi connectivity index (χ3v) is 7.41. The number of nitrogens with zero attached hydrogens (tertiary/aromatic N) is 9. The SMILES string of the molecule is CCOC(=O)c1cccc(-n2nnnc2N2C[C@@H]3[C@H](C2)[C@H]3N(C)c2nc(-c3ccncc3F)cc(=O)n2C)c1. The van der Waals surface area contributed by atoms with Gasteiger partial charge in [-0.2, -0.15) is 4.68 Å². The Kier molecular flexibility index (Phi) is 6.04. The molecule has 1 aromatic carbocycles. The minimum absolute atomic E-state index is 0.161. The summed E-state index contributed by atoms with van der Waals surface area (Å²) < 4.78 is 22.6. The summed E-state index contributed by atoms with van der Waals surface area (Å²) in [6.45, 7) is 3.48. The molecule has 3 atom stereocenters. The zero-order chi connectivity index (χ0) is 27.3. The van der Waals surface area contributed by atoms with Crippen LogP contribution in [0.1, 0.15) is 17.3 Å². The third kappa shape index (κ3) is 4.29. The minimum Gasteiger partial charge on any atom is -0.462 e. The number of fused-ring (bicyclic) bond motifs is 1. The van der Waals surface area contributed by atoms with Crippen LogP contribution in [0, 0.1) is 17.7 Å². The highest BCUT2D eigenvalue weighted by Gasteiger charge is 2.59. The Balaban J connectivity index is 1.20. The van der Waals surface area contributed by atoms with E-state index in [4.69, 9.17) is 4.74 Å². The van der Waals surface area contributed by atoms with Gasteiger partial charge >= 0.3 is 5.97 Å². The lowest BCUT2D eigenvalue weighted by molar-refractivity contribution is 0.0526. The van der Waals surface area contributed by atoms with Crippen molar-refractivity contribution in [3.63, 3.8) is 0 Å². The first-order valence-electron chi connectivity index (χ1n) is 12.6. The molecule has 13 heteroatoms. The molecule has 39 heavy (non-hydrogen) atoms. The Morgan fingerprint density at radius 1 is 1.21 bits per heavy atom. The van der Waals surface area contributed by atoms with Gasteiger partial charge in [0.15, 0.2) is 5.82 Å². The van der Waals surface area contributed by atoms with Crippen LogP contribution in [0.3, 0.4) is 0 Å². The molecule has 3 aromatic heterocycles. The van der Waals surface area contributed by atoms with Gasteiger partial charge in [0.2, 0.25) is 11.9 Å². The first kappa shape index (κ1) is 24.6. The van der Waals surface area contributed by atoms with Gasteiger partial charge in [-0.1, -0.05) is 11.2 Å². The Morgan fingerprint density at radius 2 is 2.00 bits per heavy atom. The number of anilines is 2. The van der Waals surface area contributed by atoms with Gasteiger partial charge < -0.3 is 14.5 Å². The molecule has 1 aliphatic heterocycles. The van der Waals surface area contributed by atoms with E-state index in [1.165, 1.54) is 22.9 Å². The molecule has 0 spiro atoms. The van der Waals surface area contributed by atoms with E-state index in [2.05, 4.69) is 30.4 Å². The summed E-state index contributed by atoms with van der Waals surface area (Å²) in [5, 5.41) is 12.3. The molecule has 1 saturated carbocycles. The Hall–Kier alpha value is -4.68. The molecule has 0 bridgehead atoms. The lowest BCUT2D eigenvalue weighted by Gasteiger charge is -2.26. The zero-order valence-corrected chi connectivity index (χ0v) is 21.6. The van der Waals surface area contributed by atoms with Gasteiger partial charge in [0.1, 0.15) is 0 Å². The van der Waals surface area contributed by atoms with Crippen molar-refractivity contribution in [2.24, 2.45) is 18.9 Å². The number of ether oxygens (including phenoxy) is 1. The minimum atomic E-state index is -0.531. The third-order valence-electron chi connectivity index (χ3n) is 7.41. The van der Waals surface area contributed by atoms with Crippen molar-refractivity contribution < 1.29 is 13.9 Å². The number of pyridine rings is 1.